The van der Waals surface area contributed by atoms with Gasteiger partial charge in [-0.1, -0.05) is 29.8 Å². The van der Waals surface area contributed by atoms with Crippen LogP contribution in [0.2, 0.25) is 5.02 Å². The lowest BCUT2D eigenvalue weighted by molar-refractivity contribution is 0.338. The minimum absolute atomic E-state index is 0.110. The van der Waals surface area contributed by atoms with Gasteiger partial charge in [0.25, 0.3) is 0 Å². The van der Waals surface area contributed by atoms with Crippen LogP contribution in [-0.4, -0.2) is 35.3 Å². The monoisotopic (exact) mass is 359 g/mol. The smallest absolute Gasteiger partial charge is 0.176 e. The molecule has 5 heteroatoms. The third-order valence-corrected chi connectivity index (χ3v) is 6.24. The Bertz CT molecular complexity index is 921. The summed E-state index contributed by atoms with van der Waals surface area (Å²) < 4.78 is 1.27. The lowest BCUT2D eigenvalue weighted by Crippen LogP contribution is -2.24. The van der Waals surface area contributed by atoms with Crippen LogP contribution < -0.4 is 0 Å². The van der Waals surface area contributed by atoms with Crippen molar-refractivity contribution in [2.45, 2.75) is 12.3 Å². The van der Waals surface area contributed by atoms with Gasteiger partial charge >= 0.3 is 0 Å². The summed E-state index contributed by atoms with van der Waals surface area (Å²) in [6.45, 7) is 1.72. The van der Waals surface area contributed by atoms with Crippen molar-refractivity contribution in [2.75, 3.05) is 20.1 Å². The number of aromatic hydroxyl groups is 2. The Morgan fingerprint density at radius 2 is 2.04 bits per heavy atom. The van der Waals surface area contributed by atoms with Crippen LogP contribution in [0.25, 0.3) is 10.1 Å². The summed E-state index contributed by atoms with van der Waals surface area (Å²) in [6.07, 6.45) is 0.759. The molecule has 1 aliphatic rings. The van der Waals surface area contributed by atoms with Crippen molar-refractivity contribution in [2.24, 2.45) is 0 Å². The molecule has 3 aromatic rings. The number of nitrogens with zero attached hydrogens (tertiary/aromatic N) is 1. The van der Waals surface area contributed by atoms with Gasteiger partial charge in [0.1, 0.15) is 0 Å². The molecule has 124 valence electrons. The summed E-state index contributed by atoms with van der Waals surface area (Å²) in [7, 11) is 2.10. The van der Waals surface area contributed by atoms with Crippen LogP contribution in [0.4, 0.5) is 0 Å². The topological polar surface area (TPSA) is 43.7 Å². The molecule has 0 radical (unpaired) electrons. The van der Waals surface area contributed by atoms with Crippen LogP contribution in [-0.2, 0) is 6.42 Å². The summed E-state index contributed by atoms with van der Waals surface area (Å²) in [4.78, 5) is 2.28. The first-order valence-electron chi connectivity index (χ1n) is 7.94. The standard InChI is InChI=1S/C19H18ClNO2S/c1-21-7-5-12-14(9-16(22)18(23)17(12)20)15(10-21)13-4-2-3-11-6-8-24-19(11)13/h2-4,6,8-9,15,22-23H,5,7,10H2,1H3. The second-order valence-electron chi connectivity index (χ2n) is 6.38. The minimum atomic E-state index is -0.215. The Kier molecular flexibility index (Phi) is 3.91. The average molecular weight is 360 g/mol. The van der Waals surface area contributed by atoms with Crippen molar-refractivity contribution in [1.82, 2.24) is 4.90 Å². The zero-order chi connectivity index (χ0) is 16.8. The molecule has 0 fully saturated rings. The number of fused-ring (bicyclic) bond motifs is 2. The van der Waals surface area contributed by atoms with Crippen LogP contribution in [0, 0.1) is 0 Å². The van der Waals surface area contributed by atoms with E-state index in [0.717, 1.165) is 30.6 Å². The van der Waals surface area contributed by atoms with Crippen LogP contribution in [0.15, 0.2) is 35.7 Å². The van der Waals surface area contributed by atoms with Gasteiger partial charge in [0.05, 0.1) is 5.02 Å². The van der Waals surface area contributed by atoms with Crippen LogP contribution in [0.1, 0.15) is 22.6 Å². The predicted molar refractivity (Wildman–Crippen MR) is 99.7 cm³/mol. The van der Waals surface area contributed by atoms with E-state index < -0.39 is 0 Å². The molecule has 0 amide bonds. The summed E-state index contributed by atoms with van der Waals surface area (Å²) in [6, 6.07) is 10.2. The number of hydrogen-bond donors (Lipinski definition) is 2. The number of phenols is 2. The molecule has 1 aromatic heterocycles. The quantitative estimate of drug-likeness (QED) is 0.625. The average Bonchev–Trinajstić information content (AvgIpc) is 2.99. The van der Waals surface area contributed by atoms with E-state index in [-0.39, 0.29) is 22.4 Å². The van der Waals surface area contributed by atoms with E-state index in [1.807, 2.05) is 0 Å². The van der Waals surface area contributed by atoms with Crippen molar-refractivity contribution in [3.05, 3.63) is 57.4 Å². The fraction of sp³-hybridized carbons (Fsp3) is 0.263. The molecular weight excluding hydrogens is 342 g/mol. The van der Waals surface area contributed by atoms with Crippen molar-refractivity contribution < 1.29 is 10.2 Å². The van der Waals surface area contributed by atoms with Gasteiger partial charge in [-0.15, -0.1) is 11.3 Å². The van der Waals surface area contributed by atoms with Gasteiger partial charge in [0.2, 0.25) is 0 Å². The lowest BCUT2D eigenvalue weighted by atomic mass is 9.87. The number of rotatable bonds is 1. The SMILES string of the molecule is CN1CCc2c(cc(O)c(O)c2Cl)C(c2cccc3ccsc23)C1. The molecule has 2 aromatic carbocycles. The zero-order valence-electron chi connectivity index (χ0n) is 13.3. The Labute approximate surface area is 149 Å². The maximum atomic E-state index is 10.1. The van der Waals surface area contributed by atoms with Gasteiger partial charge in [-0.2, -0.15) is 0 Å². The first kappa shape index (κ1) is 15.8. The van der Waals surface area contributed by atoms with Crippen molar-refractivity contribution in [3.63, 3.8) is 0 Å². The number of likely N-dealkylation sites (N-methyl/N-ethyl adjacent to an activating group) is 1. The van der Waals surface area contributed by atoms with E-state index in [4.69, 9.17) is 11.6 Å². The third kappa shape index (κ3) is 2.46. The fourth-order valence-corrected chi connectivity index (χ4v) is 4.88. The molecule has 1 aliphatic heterocycles. The summed E-state index contributed by atoms with van der Waals surface area (Å²) >= 11 is 8.10. The van der Waals surface area contributed by atoms with Crippen molar-refractivity contribution in [3.8, 4) is 11.5 Å². The predicted octanol–water partition coefficient (Wildman–Crippen LogP) is 4.59. The highest BCUT2D eigenvalue weighted by Gasteiger charge is 2.28. The van der Waals surface area contributed by atoms with Crippen molar-refractivity contribution >= 4 is 33.0 Å². The van der Waals surface area contributed by atoms with Crippen LogP contribution in [0.5, 0.6) is 11.5 Å². The second kappa shape index (κ2) is 5.96. The Hall–Kier alpha value is -1.75. The molecule has 2 heterocycles. The summed E-state index contributed by atoms with van der Waals surface area (Å²) in [5, 5.41) is 23.8. The van der Waals surface area contributed by atoms with Gasteiger partial charge in [-0.05, 0) is 53.1 Å². The molecule has 2 N–H and O–H groups in total. The molecule has 0 bridgehead atoms. The van der Waals surface area contributed by atoms with E-state index in [1.54, 1.807) is 17.4 Å². The first-order valence-corrected chi connectivity index (χ1v) is 9.20. The maximum absolute atomic E-state index is 10.1. The van der Waals surface area contributed by atoms with Crippen molar-refractivity contribution in [1.29, 1.82) is 0 Å². The van der Waals surface area contributed by atoms with Gasteiger partial charge in [-0.3, -0.25) is 0 Å². The number of phenolic OH excluding ortho intramolecular Hbond substituents is 2. The molecule has 0 spiro atoms. The van der Waals surface area contributed by atoms with Crippen LogP contribution >= 0.6 is 22.9 Å². The van der Waals surface area contributed by atoms with Gasteiger partial charge in [-0.25, -0.2) is 0 Å². The molecule has 0 saturated heterocycles. The highest BCUT2D eigenvalue weighted by atomic mass is 35.5. The summed E-state index contributed by atoms with van der Waals surface area (Å²) in [5.41, 5.74) is 3.20. The Morgan fingerprint density at radius 3 is 2.88 bits per heavy atom. The van der Waals surface area contributed by atoms with Crippen LogP contribution in [0.3, 0.4) is 0 Å². The van der Waals surface area contributed by atoms with Gasteiger partial charge < -0.3 is 15.1 Å². The molecule has 24 heavy (non-hydrogen) atoms. The summed E-state index contributed by atoms with van der Waals surface area (Å²) in [5.74, 6) is -0.251. The lowest BCUT2D eigenvalue weighted by Gasteiger charge is -2.23. The van der Waals surface area contributed by atoms with E-state index in [9.17, 15) is 10.2 Å². The maximum Gasteiger partial charge on any atom is 0.176 e. The molecule has 4 rings (SSSR count). The third-order valence-electron chi connectivity index (χ3n) is 4.85. The fourth-order valence-electron chi connectivity index (χ4n) is 3.61. The Balaban J connectivity index is 1.97. The van der Waals surface area contributed by atoms with Gasteiger partial charge in [0, 0.05) is 23.7 Å². The molecule has 0 saturated carbocycles. The minimum Gasteiger partial charge on any atom is -0.504 e. The van der Waals surface area contributed by atoms with E-state index in [0.29, 0.717) is 0 Å². The van der Waals surface area contributed by atoms with E-state index >= 15 is 0 Å². The second-order valence-corrected chi connectivity index (χ2v) is 7.67. The number of thiophene rings is 1. The molecule has 1 unspecified atom stereocenters. The largest absolute Gasteiger partial charge is 0.504 e. The molecule has 1 atom stereocenters. The number of benzene rings is 2. The highest BCUT2D eigenvalue weighted by molar-refractivity contribution is 7.17. The molecular formula is C19H18ClNO2S. The molecule has 0 aliphatic carbocycles. The van der Waals surface area contributed by atoms with Gasteiger partial charge in [0.15, 0.2) is 11.5 Å². The number of hydrogen-bond acceptors (Lipinski definition) is 4. The first-order chi connectivity index (χ1) is 11.6. The van der Waals surface area contributed by atoms with E-state index in [2.05, 4.69) is 41.6 Å². The normalized spacial score (nSPS) is 18.5. The molecule has 3 nitrogen and oxygen atoms in total. The zero-order valence-corrected chi connectivity index (χ0v) is 14.9. The highest BCUT2D eigenvalue weighted by Crippen LogP contribution is 2.44. The number of halogens is 1. The van der Waals surface area contributed by atoms with E-state index in [1.165, 1.54) is 15.6 Å². The Morgan fingerprint density at radius 1 is 1.21 bits per heavy atom.